The first-order valence-corrected chi connectivity index (χ1v) is 5.93. The quantitative estimate of drug-likeness (QED) is 0.853. The molecule has 92 valence electrons. The van der Waals surface area contributed by atoms with E-state index in [4.69, 9.17) is 0 Å². The largest absolute Gasteiger partial charge is 0.481 e. The van der Waals surface area contributed by atoms with Gasteiger partial charge in [0.25, 0.3) is 0 Å². The van der Waals surface area contributed by atoms with E-state index in [-0.39, 0.29) is 0 Å². The minimum atomic E-state index is -0.820. The summed E-state index contributed by atoms with van der Waals surface area (Å²) in [5.41, 5.74) is 2.54. The van der Waals surface area contributed by atoms with Crippen LogP contribution in [0.5, 0.6) is 0 Å². The number of likely N-dealkylation sites (N-methyl/N-ethyl adjacent to an activating group) is 1. The molecule has 1 aliphatic rings. The predicted molar refractivity (Wildman–Crippen MR) is 68.7 cm³/mol. The van der Waals surface area contributed by atoms with E-state index in [1.807, 2.05) is 18.2 Å². The Bertz CT molecular complexity index is 465. The summed E-state index contributed by atoms with van der Waals surface area (Å²) in [4.78, 5) is 13.5. The number of anilines is 1. The van der Waals surface area contributed by atoms with Gasteiger partial charge < -0.3 is 10.0 Å². The van der Waals surface area contributed by atoms with Gasteiger partial charge in [-0.15, -0.1) is 0 Å². The molecule has 3 nitrogen and oxygen atoms in total. The molecule has 1 heterocycles. The van der Waals surface area contributed by atoms with Crippen molar-refractivity contribution in [1.82, 2.24) is 0 Å². The second-order valence-electron chi connectivity index (χ2n) is 5.44. The third-order valence-corrected chi connectivity index (χ3v) is 3.89. The average Bonchev–Trinajstić information content (AvgIpc) is 2.54. The molecule has 1 aromatic carbocycles. The molecule has 3 heteroatoms. The highest BCUT2D eigenvalue weighted by Gasteiger charge is 2.31. The van der Waals surface area contributed by atoms with E-state index in [0.29, 0.717) is 6.04 Å². The van der Waals surface area contributed by atoms with Crippen molar-refractivity contribution in [3.63, 3.8) is 0 Å². The molecule has 0 bridgehead atoms. The van der Waals surface area contributed by atoms with Gasteiger partial charge in [-0.25, -0.2) is 0 Å². The second kappa shape index (κ2) is 3.76. The molecule has 0 saturated heterocycles. The van der Waals surface area contributed by atoms with Gasteiger partial charge in [0.2, 0.25) is 0 Å². The number of hydrogen-bond acceptors (Lipinski definition) is 2. The summed E-state index contributed by atoms with van der Waals surface area (Å²) in [6, 6.07) is 6.51. The van der Waals surface area contributed by atoms with Gasteiger partial charge in [0, 0.05) is 18.8 Å². The van der Waals surface area contributed by atoms with Crippen molar-refractivity contribution in [3.8, 4) is 0 Å². The summed E-state index contributed by atoms with van der Waals surface area (Å²) in [5, 5.41) is 9.24. The fraction of sp³-hybridized carbons (Fsp3) is 0.500. The lowest BCUT2D eigenvalue weighted by atomic mass is 9.83. The summed E-state index contributed by atoms with van der Waals surface area (Å²) >= 11 is 0. The van der Waals surface area contributed by atoms with E-state index >= 15 is 0 Å². The second-order valence-corrected chi connectivity index (χ2v) is 5.44. The van der Waals surface area contributed by atoms with E-state index < -0.39 is 11.4 Å². The number of benzene rings is 1. The Morgan fingerprint density at radius 3 is 2.71 bits per heavy atom. The first-order valence-electron chi connectivity index (χ1n) is 5.93. The summed E-state index contributed by atoms with van der Waals surface area (Å²) in [5.74, 6) is -0.781. The lowest BCUT2D eigenvalue weighted by molar-refractivity contribution is -0.142. The number of fused-ring (bicyclic) bond motifs is 1. The highest BCUT2D eigenvalue weighted by atomic mass is 16.4. The lowest BCUT2D eigenvalue weighted by Crippen LogP contribution is -2.28. The molecule has 0 amide bonds. The fourth-order valence-electron chi connectivity index (χ4n) is 2.30. The average molecular weight is 233 g/mol. The van der Waals surface area contributed by atoms with Crippen LogP contribution in [0.1, 0.15) is 31.9 Å². The molecule has 1 aliphatic heterocycles. The van der Waals surface area contributed by atoms with Gasteiger partial charge in [-0.3, -0.25) is 4.79 Å². The van der Waals surface area contributed by atoms with E-state index in [2.05, 4.69) is 18.9 Å². The molecule has 0 aromatic heterocycles. The SMILES string of the molecule is CC1Cc2cc(C(C)(C)C(=O)O)ccc2N1C. The zero-order chi connectivity index (χ0) is 12.8. The van der Waals surface area contributed by atoms with Crippen LogP contribution in [0.25, 0.3) is 0 Å². The van der Waals surface area contributed by atoms with Crippen LogP contribution in [0.4, 0.5) is 5.69 Å². The van der Waals surface area contributed by atoms with Crippen molar-refractivity contribution in [2.24, 2.45) is 0 Å². The maximum Gasteiger partial charge on any atom is 0.313 e. The fourth-order valence-corrected chi connectivity index (χ4v) is 2.30. The van der Waals surface area contributed by atoms with E-state index in [0.717, 1.165) is 12.0 Å². The molecule has 0 saturated carbocycles. The van der Waals surface area contributed by atoms with Gasteiger partial charge in [0.15, 0.2) is 0 Å². The van der Waals surface area contributed by atoms with Gasteiger partial charge in [0.1, 0.15) is 0 Å². The third-order valence-electron chi connectivity index (χ3n) is 3.89. The van der Waals surface area contributed by atoms with Crippen LogP contribution in [0, 0.1) is 0 Å². The molecule has 0 fully saturated rings. The normalized spacial score (nSPS) is 19.3. The van der Waals surface area contributed by atoms with Gasteiger partial charge in [-0.2, -0.15) is 0 Å². The minimum Gasteiger partial charge on any atom is -0.481 e. The Balaban J connectivity index is 2.43. The maximum atomic E-state index is 11.2. The smallest absolute Gasteiger partial charge is 0.313 e. The van der Waals surface area contributed by atoms with Crippen LogP contribution in [0.3, 0.4) is 0 Å². The Kier molecular flexibility index (Phi) is 2.64. The third kappa shape index (κ3) is 1.79. The van der Waals surface area contributed by atoms with Gasteiger partial charge >= 0.3 is 5.97 Å². The molecule has 17 heavy (non-hydrogen) atoms. The number of nitrogens with zero attached hydrogens (tertiary/aromatic N) is 1. The molecular weight excluding hydrogens is 214 g/mol. The number of carboxylic acid groups (broad SMARTS) is 1. The van der Waals surface area contributed by atoms with E-state index in [9.17, 15) is 9.90 Å². The summed E-state index contributed by atoms with van der Waals surface area (Å²) in [7, 11) is 2.08. The number of hydrogen-bond donors (Lipinski definition) is 1. The first-order chi connectivity index (χ1) is 7.84. The molecule has 2 rings (SSSR count). The van der Waals surface area contributed by atoms with Crippen molar-refractivity contribution in [2.45, 2.75) is 38.6 Å². The van der Waals surface area contributed by atoms with Crippen LogP contribution < -0.4 is 4.90 Å². The van der Waals surface area contributed by atoms with Crippen molar-refractivity contribution in [3.05, 3.63) is 29.3 Å². The van der Waals surface area contributed by atoms with E-state index in [1.165, 1.54) is 11.3 Å². The summed E-state index contributed by atoms with van der Waals surface area (Å²) < 4.78 is 0. The lowest BCUT2D eigenvalue weighted by Gasteiger charge is -2.21. The molecule has 0 aliphatic carbocycles. The Morgan fingerprint density at radius 1 is 1.47 bits per heavy atom. The van der Waals surface area contributed by atoms with Crippen molar-refractivity contribution in [2.75, 3.05) is 11.9 Å². The van der Waals surface area contributed by atoms with E-state index in [1.54, 1.807) is 13.8 Å². The highest BCUT2D eigenvalue weighted by Crippen LogP contribution is 2.34. The number of aliphatic carboxylic acids is 1. The zero-order valence-electron chi connectivity index (χ0n) is 10.8. The van der Waals surface area contributed by atoms with Gasteiger partial charge in [0.05, 0.1) is 5.41 Å². The van der Waals surface area contributed by atoms with Gasteiger partial charge in [-0.1, -0.05) is 12.1 Å². The Morgan fingerprint density at radius 2 is 2.12 bits per heavy atom. The van der Waals surface area contributed by atoms with Gasteiger partial charge in [-0.05, 0) is 44.4 Å². The van der Waals surface area contributed by atoms with Crippen LogP contribution in [0.2, 0.25) is 0 Å². The van der Waals surface area contributed by atoms with Crippen molar-refractivity contribution >= 4 is 11.7 Å². The monoisotopic (exact) mass is 233 g/mol. The zero-order valence-corrected chi connectivity index (χ0v) is 10.8. The Hall–Kier alpha value is -1.51. The topological polar surface area (TPSA) is 40.5 Å². The highest BCUT2D eigenvalue weighted by molar-refractivity contribution is 5.80. The molecule has 0 radical (unpaired) electrons. The first kappa shape index (κ1) is 12.0. The summed E-state index contributed by atoms with van der Waals surface area (Å²) in [6.07, 6.45) is 0.995. The molecule has 1 aromatic rings. The minimum absolute atomic E-state index is 0.494. The molecule has 1 atom stereocenters. The van der Waals surface area contributed by atoms with Crippen LogP contribution >= 0.6 is 0 Å². The molecular formula is C14H19NO2. The molecule has 1 unspecified atom stereocenters. The number of rotatable bonds is 2. The molecule has 0 spiro atoms. The Labute approximate surface area is 102 Å². The van der Waals surface area contributed by atoms with Crippen LogP contribution in [-0.2, 0) is 16.6 Å². The summed E-state index contributed by atoms with van der Waals surface area (Å²) in [6.45, 7) is 5.68. The maximum absolute atomic E-state index is 11.2. The molecule has 1 N–H and O–H groups in total. The number of carbonyl (C=O) groups is 1. The number of carboxylic acids is 1. The standard InChI is InChI=1S/C14H19NO2/c1-9-7-10-8-11(14(2,3)13(16)17)5-6-12(10)15(9)4/h5-6,8-9H,7H2,1-4H3,(H,16,17). The van der Waals surface area contributed by atoms with Crippen LogP contribution in [-0.4, -0.2) is 24.2 Å². The van der Waals surface area contributed by atoms with Crippen molar-refractivity contribution < 1.29 is 9.90 Å². The predicted octanol–water partition coefficient (Wildman–Crippen LogP) is 2.43. The van der Waals surface area contributed by atoms with Crippen LogP contribution in [0.15, 0.2) is 18.2 Å². The van der Waals surface area contributed by atoms with Crippen molar-refractivity contribution in [1.29, 1.82) is 0 Å².